The molecule has 0 aromatic heterocycles. The molecule has 1 fully saturated rings. The molecule has 1 aromatic carbocycles. The van der Waals surface area contributed by atoms with Gasteiger partial charge in [0.1, 0.15) is 5.75 Å². The summed E-state index contributed by atoms with van der Waals surface area (Å²) in [6.07, 6.45) is 6.59. The minimum Gasteiger partial charge on any atom is -0.497 e. The lowest BCUT2D eigenvalue weighted by Crippen LogP contribution is -2.31. The zero-order valence-corrected chi connectivity index (χ0v) is 12.7. The Morgan fingerprint density at radius 2 is 2.10 bits per heavy atom. The Morgan fingerprint density at radius 1 is 1.30 bits per heavy atom. The molecule has 1 saturated carbocycles. The lowest BCUT2D eigenvalue weighted by atomic mass is 9.84. The van der Waals surface area contributed by atoms with Gasteiger partial charge in [-0.25, -0.2) is 0 Å². The first-order valence-electron chi connectivity index (χ1n) is 7.78. The molecular weight excluding hydrogens is 250 g/mol. The van der Waals surface area contributed by atoms with Crippen molar-refractivity contribution in [1.29, 1.82) is 0 Å². The summed E-state index contributed by atoms with van der Waals surface area (Å²) < 4.78 is 11.6. The molecule has 1 aliphatic rings. The number of benzene rings is 1. The molecule has 1 aromatic rings. The van der Waals surface area contributed by atoms with Crippen LogP contribution in [0.15, 0.2) is 24.3 Å². The number of hydrogen-bond acceptors (Lipinski definition) is 3. The van der Waals surface area contributed by atoms with E-state index in [0.717, 1.165) is 11.3 Å². The average Bonchev–Trinajstić information content (AvgIpc) is 2.53. The maximum atomic E-state index is 6.35. The highest BCUT2D eigenvalue weighted by atomic mass is 16.5. The largest absolute Gasteiger partial charge is 0.497 e. The van der Waals surface area contributed by atoms with E-state index in [4.69, 9.17) is 15.2 Å². The molecule has 1 aliphatic carbocycles. The summed E-state index contributed by atoms with van der Waals surface area (Å²) >= 11 is 0. The monoisotopic (exact) mass is 277 g/mol. The molecule has 20 heavy (non-hydrogen) atoms. The fourth-order valence-corrected chi connectivity index (χ4v) is 3.14. The van der Waals surface area contributed by atoms with E-state index in [2.05, 4.69) is 13.0 Å². The molecule has 3 atom stereocenters. The van der Waals surface area contributed by atoms with E-state index in [1.165, 1.54) is 32.1 Å². The zero-order valence-electron chi connectivity index (χ0n) is 12.7. The third-order valence-corrected chi connectivity index (χ3v) is 4.38. The molecule has 0 bridgehead atoms. The van der Waals surface area contributed by atoms with Crippen molar-refractivity contribution >= 4 is 0 Å². The van der Waals surface area contributed by atoms with Gasteiger partial charge in [0.15, 0.2) is 0 Å². The van der Waals surface area contributed by atoms with E-state index in [1.54, 1.807) is 7.11 Å². The Balaban J connectivity index is 2.07. The van der Waals surface area contributed by atoms with E-state index >= 15 is 0 Å². The predicted octanol–water partition coefficient (Wildman–Crippen LogP) is 3.68. The highest BCUT2D eigenvalue weighted by Crippen LogP contribution is 2.33. The summed E-state index contributed by atoms with van der Waals surface area (Å²) in [5.74, 6) is 1.55. The number of hydrogen-bond donors (Lipinski definition) is 1. The van der Waals surface area contributed by atoms with Crippen molar-refractivity contribution in [1.82, 2.24) is 0 Å². The summed E-state index contributed by atoms with van der Waals surface area (Å²) in [7, 11) is 1.69. The van der Waals surface area contributed by atoms with Gasteiger partial charge < -0.3 is 15.2 Å². The SMILES string of the molecule is CCC1CCCCC1OC(CN)c1cccc(OC)c1. The molecule has 3 nitrogen and oxygen atoms in total. The molecule has 0 amide bonds. The van der Waals surface area contributed by atoms with Gasteiger partial charge in [-0.15, -0.1) is 0 Å². The Kier molecular flexibility index (Phi) is 5.86. The van der Waals surface area contributed by atoms with Gasteiger partial charge in [-0.3, -0.25) is 0 Å². The minimum absolute atomic E-state index is 0.0257. The van der Waals surface area contributed by atoms with E-state index in [0.29, 0.717) is 18.6 Å². The maximum Gasteiger partial charge on any atom is 0.119 e. The lowest BCUT2D eigenvalue weighted by molar-refractivity contribution is -0.0587. The van der Waals surface area contributed by atoms with Crippen LogP contribution in [0, 0.1) is 5.92 Å². The average molecular weight is 277 g/mol. The molecule has 3 heteroatoms. The van der Waals surface area contributed by atoms with E-state index in [-0.39, 0.29) is 6.10 Å². The normalized spacial score (nSPS) is 24.4. The molecule has 0 heterocycles. The van der Waals surface area contributed by atoms with Crippen LogP contribution in [0.2, 0.25) is 0 Å². The summed E-state index contributed by atoms with van der Waals surface area (Å²) in [6, 6.07) is 8.05. The van der Waals surface area contributed by atoms with Crippen molar-refractivity contribution in [2.45, 2.75) is 51.2 Å². The first-order valence-corrected chi connectivity index (χ1v) is 7.78. The fraction of sp³-hybridized carbons (Fsp3) is 0.647. The lowest BCUT2D eigenvalue weighted by Gasteiger charge is -2.33. The van der Waals surface area contributed by atoms with Gasteiger partial charge in [0.25, 0.3) is 0 Å². The molecule has 0 saturated heterocycles. The molecule has 0 spiro atoms. The van der Waals surface area contributed by atoms with Crippen LogP contribution in [0.1, 0.15) is 50.7 Å². The van der Waals surface area contributed by atoms with Crippen molar-refractivity contribution in [3.63, 3.8) is 0 Å². The van der Waals surface area contributed by atoms with Crippen molar-refractivity contribution in [3.05, 3.63) is 29.8 Å². The summed E-state index contributed by atoms with van der Waals surface area (Å²) in [5, 5.41) is 0. The van der Waals surface area contributed by atoms with E-state index < -0.39 is 0 Å². The third-order valence-electron chi connectivity index (χ3n) is 4.38. The maximum absolute atomic E-state index is 6.35. The Hall–Kier alpha value is -1.06. The highest BCUT2D eigenvalue weighted by molar-refractivity contribution is 5.30. The molecular formula is C17H27NO2. The topological polar surface area (TPSA) is 44.5 Å². The van der Waals surface area contributed by atoms with E-state index in [9.17, 15) is 0 Å². The van der Waals surface area contributed by atoms with Gasteiger partial charge >= 0.3 is 0 Å². The van der Waals surface area contributed by atoms with Crippen LogP contribution >= 0.6 is 0 Å². The number of rotatable bonds is 6. The van der Waals surface area contributed by atoms with Gasteiger partial charge in [0.2, 0.25) is 0 Å². The van der Waals surface area contributed by atoms with Crippen molar-refractivity contribution in [2.24, 2.45) is 11.7 Å². The molecule has 2 N–H and O–H groups in total. The van der Waals surface area contributed by atoms with Gasteiger partial charge in [0, 0.05) is 6.54 Å². The smallest absolute Gasteiger partial charge is 0.119 e. The zero-order chi connectivity index (χ0) is 14.4. The fourth-order valence-electron chi connectivity index (χ4n) is 3.14. The van der Waals surface area contributed by atoms with Crippen molar-refractivity contribution in [3.8, 4) is 5.75 Å². The molecule has 3 unspecified atom stereocenters. The standard InChI is InChI=1S/C17H27NO2/c1-3-13-7-4-5-10-16(13)20-17(12-18)14-8-6-9-15(11-14)19-2/h6,8-9,11,13,16-17H,3-5,7,10,12,18H2,1-2H3. The predicted molar refractivity (Wildman–Crippen MR) is 81.9 cm³/mol. The van der Waals surface area contributed by atoms with Gasteiger partial charge in [-0.05, 0) is 36.5 Å². The van der Waals surface area contributed by atoms with E-state index in [1.807, 2.05) is 18.2 Å². The minimum atomic E-state index is -0.0257. The second-order valence-electron chi connectivity index (χ2n) is 5.63. The van der Waals surface area contributed by atoms with Crippen LogP contribution in [0.4, 0.5) is 0 Å². The third kappa shape index (κ3) is 3.74. The van der Waals surface area contributed by atoms with Crippen LogP contribution in [-0.4, -0.2) is 19.8 Å². The second-order valence-corrected chi connectivity index (χ2v) is 5.63. The first-order chi connectivity index (χ1) is 9.78. The number of ether oxygens (including phenoxy) is 2. The van der Waals surface area contributed by atoms with Gasteiger partial charge in [0.05, 0.1) is 19.3 Å². The van der Waals surface area contributed by atoms with Crippen molar-refractivity contribution < 1.29 is 9.47 Å². The van der Waals surface area contributed by atoms with Crippen LogP contribution in [-0.2, 0) is 4.74 Å². The molecule has 0 aliphatic heterocycles. The summed E-state index contributed by atoms with van der Waals surface area (Å²) in [6.45, 7) is 2.77. The molecule has 2 rings (SSSR count). The summed E-state index contributed by atoms with van der Waals surface area (Å²) in [5.41, 5.74) is 7.05. The summed E-state index contributed by atoms with van der Waals surface area (Å²) in [4.78, 5) is 0. The molecule has 112 valence electrons. The second kappa shape index (κ2) is 7.65. The number of nitrogens with two attached hydrogens (primary N) is 1. The first kappa shape index (κ1) is 15.3. The van der Waals surface area contributed by atoms with Crippen LogP contribution < -0.4 is 10.5 Å². The van der Waals surface area contributed by atoms with Gasteiger partial charge in [-0.2, -0.15) is 0 Å². The number of methoxy groups -OCH3 is 1. The van der Waals surface area contributed by atoms with Crippen LogP contribution in [0.3, 0.4) is 0 Å². The van der Waals surface area contributed by atoms with Gasteiger partial charge in [-0.1, -0.05) is 38.3 Å². The van der Waals surface area contributed by atoms with Crippen molar-refractivity contribution in [2.75, 3.05) is 13.7 Å². The quantitative estimate of drug-likeness (QED) is 0.862. The highest BCUT2D eigenvalue weighted by Gasteiger charge is 2.27. The van der Waals surface area contributed by atoms with Crippen LogP contribution in [0.25, 0.3) is 0 Å². The Bertz CT molecular complexity index is 408. The van der Waals surface area contributed by atoms with Crippen LogP contribution in [0.5, 0.6) is 5.75 Å². The Morgan fingerprint density at radius 3 is 2.80 bits per heavy atom. The molecule has 0 radical (unpaired) electrons. The Labute approximate surface area is 122 Å².